The van der Waals surface area contributed by atoms with Crippen LogP contribution in [-0.2, 0) is 9.47 Å². The average Bonchev–Trinajstić information content (AvgIpc) is 2.96. The first-order valence-electron chi connectivity index (χ1n) is 9.63. The molecule has 8 heteroatoms. The predicted molar refractivity (Wildman–Crippen MR) is 111 cm³/mol. The quantitative estimate of drug-likeness (QED) is 0.659. The van der Waals surface area contributed by atoms with Gasteiger partial charge in [0.1, 0.15) is 11.2 Å². The predicted octanol–water partition coefficient (Wildman–Crippen LogP) is 4.61. The van der Waals surface area contributed by atoms with E-state index in [0.29, 0.717) is 32.5 Å². The van der Waals surface area contributed by atoms with Gasteiger partial charge in [0.05, 0.1) is 6.54 Å². The molecular formula is C20H26N2O4S2. The topological polar surface area (TPSA) is 59.1 Å². The molecule has 0 atom stereocenters. The molecule has 3 aliphatic heterocycles. The first-order valence-corrected chi connectivity index (χ1v) is 11.6. The van der Waals surface area contributed by atoms with E-state index in [1.807, 2.05) is 50.4 Å². The van der Waals surface area contributed by atoms with E-state index in [-0.39, 0.29) is 12.2 Å². The van der Waals surface area contributed by atoms with Gasteiger partial charge in [-0.1, -0.05) is 0 Å². The van der Waals surface area contributed by atoms with E-state index in [2.05, 4.69) is 12.1 Å². The molecule has 0 radical (unpaired) electrons. The first kappa shape index (κ1) is 19.8. The Kier molecular flexibility index (Phi) is 5.20. The van der Waals surface area contributed by atoms with Crippen LogP contribution in [0.5, 0.6) is 0 Å². The van der Waals surface area contributed by atoms with Crippen LogP contribution in [0.2, 0.25) is 0 Å². The number of anilines is 1. The molecule has 4 rings (SSSR count). The Morgan fingerprint density at radius 2 is 1.82 bits per heavy atom. The summed E-state index contributed by atoms with van der Waals surface area (Å²) in [5.41, 5.74) is -0.135. The molecule has 1 spiro atoms. The number of benzene rings is 1. The van der Waals surface area contributed by atoms with Crippen LogP contribution in [0, 0.1) is 0 Å². The summed E-state index contributed by atoms with van der Waals surface area (Å²) in [6, 6.07) is 6.21. The third kappa shape index (κ3) is 4.08. The normalized spacial score (nSPS) is 21.5. The number of carbonyl (C=O) groups excluding carboxylic acids is 2. The summed E-state index contributed by atoms with van der Waals surface area (Å²) in [5, 5.41) is 0. The summed E-state index contributed by atoms with van der Waals surface area (Å²) in [4.78, 5) is 30.9. The van der Waals surface area contributed by atoms with Crippen molar-refractivity contribution >= 4 is 41.4 Å². The van der Waals surface area contributed by atoms with Gasteiger partial charge in [-0.05, 0) is 39.0 Å². The van der Waals surface area contributed by atoms with Crippen LogP contribution in [-0.4, -0.2) is 59.4 Å². The van der Waals surface area contributed by atoms with Gasteiger partial charge < -0.3 is 14.4 Å². The highest BCUT2D eigenvalue weighted by Crippen LogP contribution is 2.41. The highest BCUT2D eigenvalue weighted by Gasteiger charge is 2.48. The molecule has 152 valence electrons. The zero-order valence-corrected chi connectivity index (χ0v) is 18.2. The second-order valence-corrected chi connectivity index (χ2v) is 10.7. The van der Waals surface area contributed by atoms with Crippen molar-refractivity contribution in [3.63, 3.8) is 0 Å². The SMILES string of the molecule is CC(C)(C)OC(=O)N1CCC2(CC1)CN(c1ccc3c(c1)SCCS3)C(=O)O2. The fraction of sp³-hybridized carbons (Fsp3) is 0.600. The number of thioether (sulfide) groups is 2. The van der Waals surface area contributed by atoms with Crippen molar-refractivity contribution < 1.29 is 19.1 Å². The van der Waals surface area contributed by atoms with Gasteiger partial charge in [-0.15, -0.1) is 23.5 Å². The van der Waals surface area contributed by atoms with Crippen LogP contribution >= 0.6 is 23.5 Å². The maximum absolute atomic E-state index is 12.6. The maximum Gasteiger partial charge on any atom is 0.415 e. The Labute approximate surface area is 174 Å². The lowest BCUT2D eigenvalue weighted by Crippen LogP contribution is -2.49. The van der Waals surface area contributed by atoms with Crippen molar-refractivity contribution in [3.05, 3.63) is 18.2 Å². The molecule has 2 fully saturated rings. The number of ether oxygens (including phenoxy) is 2. The number of rotatable bonds is 1. The average molecular weight is 423 g/mol. The molecule has 28 heavy (non-hydrogen) atoms. The highest BCUT2D eigenvalue weighted by molar-refractivity contribution is 8.05. The fourth-order valence-electron chi connectivity index (χ4n) is 3.71. The molecule has 0 saturated carbocycles. The summed E-state index contributed by atoms with van der Waals surface area (Å²) in [6.45, 7) is 7.19. The molecular weight excluding hydrogens is 396 g/mol. The second-order valence-electron chi connectivity index (χ2n) is 8.43. The molecule has 0 bridgehead atoms. The molecule has 0 N–H and O–H groups in total. The summed E-state index contributed by atoms with van der Waals surface area (Å²) in [5.74, 6) is 2.22. The number of amides is 2. The van der Waals surface area contributed by atoms with Gasteiger partial charge in [-0.2, -0.15) is 0 Å². The summed E-state index contributed by atoms with van der Waals surface area (Å²) < 4.78 is 11.3. The molecule has 6 nitrogen and oxygen atoms in total. The van der Waals surface area contributed by atoms with Crippen LogP contribution in [0.3, 0.4) is 0 Å². The van der Waals surface area contributed by atoms with Gasteiger partial charge >= 0.3 is 12.2 Å². The number of hydrogen-bond donors (Lipinski definition) is 0. The number of likely N-dealkylation sites (tertiary alicyclic amines) is 1. The van der Waals surface area contributed by atoms with Crippen molar-refractivity contribution in [3.8, 4) is 0 Å². The number of hydrogen-bond acceptors (Lipinski definition) is 6. The van der Waals surface area contributed by atoms with E-state index >= 15 is 0 Å². The smallest absolute Gasteiger partial charge is 0.415 e. The fourth-order valence-corrected chi connectivity index (χ4v) is 5.95. The third-order valence-corrected chi connectivity index (χ3v) is 7.65. The summed E-state index contributed by atoms with van der Waals surface area (Å²) in [6.07, 6.45) is 0.667. The van der Waals surface area contributed by atoms with E-state index in [0.717, 1.165) is 17.2 Å². The van der Waals surface area contributed by atoms with E-state index in [1.165, 1.54) is 9.79 Å². The molecule has 0 aromatic heterocycles. The number of piperidine rings is 1. The van der Waals surface area contributed by atoms with Gasteiger partial charge in [0, 0.05) is 52.9 Å². The lowest BCUT2D eigenvalue weighted by molar-refractivity contribution is -0.0167. The van der Waals surface area contributed by atoms with Gasteiger partial charge in [0.2, 0.25) is 0 Å². The van der Waals surface area contributed by atoms with Crippen LogP contribution in [0.4, 0.5) is 15.3 Å². The standard InChI is InChI=1S/C20H26N2O4S2/c1-19(2,3)25-17(23)21-8-6-20(7-9-21)13-22(18(24)26-20)14-4-5-15-16(12-14)28-11-10-27-15/h4-5,12H,6-11,13H2,1-3H3. The van der Waals surface area contributed by atoms with Gasteiger partial charge in [0.25, 0.3) is 0 Å². The Morgan fingerprint density at radius 1 is 1.14 bits per heavy atom. The Morgan fingerprint density at radius 3 is 2.50 bits per heavy atom. The molecule has 3 heterocycles. The second kappa shape index (κ2) is 7.37. The minimum Gasteiger partial charge on any atom is -0.444 e. The van der Waals surface area contributed by atoms with Crippen molar-refractivity contribution in [2.45, 2.75) is 54.6 Å². The van der Waals surface area contributed by atoms with E-state index in [9.17, 15) is 9.59 Å². The van der Waals surface area contributed by atoms with Crippen LogP contribution in [0.1, 0.15) is 33.6 Å². The molecule has 1 aromatic carbocycles. The molecule has 3 aliphatic rings. The number of nitrogens with zero attached hydrogens (tertiary/aromatic N) is 2. The van der Waals surface area contributed by atoms with Crippen molar-refractivity contribution in [1.29, 1.82) is 0 Å². The zero-order valence-electron chi connectivity index (χ0n) is 16.5. The number of carbonyl (C=O) groups is 2. The van der Waals surface area contributed by atoms with E-state index in [1.54, 1.807) is 9.80 Å². The summed E-state index contributed by atoms with van der Waals surface area (Å²) >= 11 is 3.70. The van der Waals surface area contributed by atoms with E-state index in [4.69, 9.17) is 9.47 Å². The minimum absolute atomic E-state index is 0.292. The number of fused-ring (bicyclic) bond motifs is 1. The van der Waals surface area contributed by atoms with Crippen molar-refractivity contribution in [1.82, 2.24) is 4.90 Å². The van der Waals surface area contributed by atoms with Gasteiger partial charge in [-0.25, -0.2) is 9.59 Å². The van der Waals surface area contributed by atoms with Crippen LogP contribution in [0.25, 0.3) is 0 Å². The Hall–Kier alpha value is -1.54. The molecule has 0 aliphatic carbocycles. The maximum atomic E-state index is 12.6. The van der Waals surface area contributed by atoms with Crippen LogP contribution in [0.15, 0.2) is 28.0 Å². The molecule has 2 amide bonds. The van der Waals surface area contributed by atoms with Gasteiger partial charge in [0.15, 0.2) is 0 Å². The highest BCUT2D eigenvalue weighted by atomic mass is 32.2. The molecule has 2 saturated heterocycles. The third-order valence-electron chi connectivity index (χ3n) is 5.13. The molecule has 0 unspecified atom stereocenters. The van der Waals surface area contributed by atoms with Crippen molar-refractivity contribution in [2.24, 2.45) is 0 Å². The van der Waals surface area contributed by atoms with Gasteiger partial charge in [-0.3, -0.25) is 4.90 Å². The van der Waals surface area contributed by atoms with Crippen LogP contribution < -0.4 is 4.90 Å². The summed E-state index contributed by atoms with van der Waals surface area (Å²) in [7, 11) is 0. The zero-order chi connectivity index (χ0) is 19.9. The largest absolute Gasteiger partial charge is 0.444 e. The van der Waals surface area contributed by atoms with Crippen molar-refractivity contribution in [2.75, 3.05) is 36.0 Å². The minimum atomic E-state index is -0.520. The lowest BCUT2D eigenvalue weighted by Gasteiger charge is -2.37. The lowest BCUT2D eigenvalue weighted by atomic mass is 9.91. The first-order chi connectivity index (χ1) is 13.2. The Balaban J connectivity index is 1.42. The monoisotopic (exact) mass is 422 g/mol. The molecule has 1 aromatic rings. The Bertz CT molecular complexity index is 785. The van der Waals surface area contributed by atoms with E-state index < -0.39 is 11.2 Å².